The minimum atomic E-state index is -0.289. The van der Waals surface area contributed by atoms with Gasteiger partial charge in [-0.25, -0.2) is 0 Å². The lowest BCUT2D eigenvalue weighted by molar-refractivity contribution is -0.133. The molecule has 0 spiro atoms. The van der Waals surface area contributed by atoms with Crippen molar-refractivity contribution >= 4 is 29.1 Å². The van der Waals surface area contributed by atoms with Crippen LogP contribution in [0.25, 0.3) is 0 Å². The van der Waals surface area contributed by atoms with Gasteiger partial charge in [-0.2, -0.15) is 0 Å². The second-order valence-electron chi connectivity index (χ2n) is 5.78. The van der Waals surface area contributed by atoms with E-state index in [1.807, 2.05) is 19.1 Å². The fourth-order valence-corrected chi connectivity index (χ4v) is 3.15. The molecule has 1 aromatic rings. The van der Waals surface area contributed by atoms with Crippen molar-refractivity contribution in [2.45, 2.75) is 39.2 Å². The predicted octanol–water partition coefficient (Wildman–Crippen LogP) is 3.95. The molecule has 1 aliphatic heterocycles. The zero-order valence-electron chi connectivity index (χ0n) is 12.5. The van der Waals surface area contributed by atoms with Gasteiger partial charge in [0, 0.05) is 6.54 Å². The quantitative estimate of drug-likeness (QED) is 0.878. The number of amides is 1. The molecule has 5 heteroatoms. The second kappa shape index (κ2) is 6.99. The zero-order chi connectivity index (χ0) is 15.5. The molecule has 0 aliphatic carbocycles. The van der Waals surface area contributed by atoms with Crippen LogP contribution in [0.2, 0.25) is 10.0 Å². The lowest BCUT2D eigenvalue weighted by Crippen LogP contribution is -2.50. The molecule has 21 heavy (non-hydrogen) atoms. The molecule has 0 aromatic heterocycles. The Hall–Kier alpha value is -0.770. The average Bonchev–Trinajstić information content (AvgIpc) is 2.50. The number of benzene rings is 1. The summed E-state index contributed by atoms with van der Waals surface area (Å²) >= 11 is 12.0. The van der Waals surface area contributed by atoms with E-state index in [-0.39, 0.29) is 17.4 Å². The molecule has 1 aliphatic rings. The molecule has 1 aromatic carbocycles. The minimum absolute atomic E-state index is 0.0855. The van der Waals surface area contributed by atoms with Crippen LogP contribution in [0.3, 0.4) is 0 Å². The highest BCUT2D eigenvalue weighted by Crippen LogP contribution is 2.32. The maximum atomic E-state index is 12.7. The number of hydrogen-bond acceptors (Lipinski definition) is 2. The van der Waals surface area contributed by atoms with Gasteiger partial charge < -0.3 is 10.6 Å². The average molecular weight is 329 g/mol. The second-order valence-corrected chi connectivity index (χ2v) is 6.60. The van der Waals surface area contributed by atoms with E-state index in [1.54, 1.807) is 6.07 Å². The van der Waals surface area contributed by atoms with Gasteiger partial charge in [-0.15, -0.1) is 0 Å². The van der Waals surface area contributed by atoms with Crippen molar-refractivity contribution in [3.8, 4) is 0 Å². The van der Waals surface area contributed by atoms with Crippen LogP contribution in [-0.2, 0) is 4.79 Å². The van der Waals surface area contributed by atoms with Gasteiger partial charge in [0.25, 0.3) is 0 Å². The first-order valence-corrected chi connectivity index (χ1v) is 8.21. The Morgan fingerprint density at radius 2 is 2.19 bits per heavy atom. The number of halogens is 2. The lowest BCUT2D eigenvalue weighted by atomic mass is 9.77. The molecule has 1 fully saturated rings. The van der Waals surface area contributed by atoms with E-state index < -0.39 is 0 Å². The Morgan fingerprint density at radius 1 is 1.43 bits per heavy atom. The molecule has 0 radical (unpaired) electrons. The SMILES string of the molecule is CCC1(C(=O)NC(C)c2ccc(Cl)c(Cl)c2)CCCNC1. The Balaban J connectivity index is 2.08. The normalized spacial score (nSPS) is 23.6. The van der Waals surface area contributed by atoms with Crippen LogP contribution in [-0.4, -0.2) is 19.0 Å². The highest BCUT2D eigenvalue weighted by molar-refractivity contribution is 6.42. The van der Waals surface area contributed by atoms with Crippen molar-refractivity contribution in [2.24, 2.45) is 5.41 Å². The molecule has 1 saturated heterocycles. The number of rotatable bonds is 4. The third-order valence-corrected chi connectivity index (χ3v) is 5.16. The summed E-state index contributed by atoms with van der Waals surface area (Å²) in [6.45, 7) is 5.80. The topological polar surface area (TPSA) is 41.1 Å². The summed E-state index contributed by atoms with van der Waals surface area (Å²) in [6.07, 6.45) is 2.83. The molecular formula is C16H22Cl2N2O. The van der Waals surface area contributed by atoms with Crippen molar-refractivity contribution < 1.29 is 4.79 Å². The van der Waals surface area contributed by atoms with Crippen molar-refractivity contribution in [3.63, 3.8) is 0 Å². The van der Waals surface area contributed by atoms with E-state index in [0.717, 1.165) is 37.9 Å². The van der Waals surface area contributed by atoms with E-state index in [2.05, 4.69) is 17.6 Å². The predicted molar refractivity (Wildman–Crippen MR) is 87.8 cm³/mol. The molecule has 1 amide bonds. The largest absolute Gasteiger partial charge is 0.349 e. The number of hydrogen-bond donors (Lipinski definition) is 2. The number of piperidine rings is 1. The van der Waals surface area contributed by atoms with E-state index in [4.69, 9.17) is 23.2 Å². The Bertz CT molecular complexity index is 513. The van der Waals surface area contributed by atoms with Gasteiger partial charge in [0.1, 0.15) is 0 Å². The first-order valence-electron chi connectivity index (χ1n) is 7.45. The first kappa shape index (κ1) is 16.6. The molecule has 2 N–H and O–H groups in total. The zero-order valence-corrected chi connectivity index (χ0v) is 14.0. The molecular weight excluding hydrogens is 307 g/mol. The van der Waals surface area contributed by atoms with Crippen molar-refractivity contribution in [1.82, 2.24) is 10.6 Å². The summed E-state index contributed by atoms with van der Waals surface area (Å²) in [4.78, 5) is 12.7. The number of carbonyl (C=O) groups is 1. The summed E-state index contributed by atoms with van der Waals surface area (Å²) in [5.41, 5.74) is 0.677. The van der Waals surface area contributed by atoms with E-state index in [0.29, 0.717) is 10.0 Å². The summed E-state index contributed by atoms with van der Waals surface area (Å²) in [6, 6.07) is 5.39. The number of nitrogens with one attached hydrogen (secondary N) is 2. The van der Waals surface area contributed by atoms with Crippen molar-refractivity contribution in [3.05, 3.63) is 33.8 Å². The molecule has 3 nitrogen and oxygen atoms in total. The molecule has 2 atom stereocenters. The van der Waals surface area contributed by atoms with Crippen LogP contribution < -0.4 is 10.6 Å². The van der Waals surface area contributed by atoms with Crippen LogP contribution in [0.4, 0.5) is 0 Å². The van der Waals surface area contributed by atoms with E-state index in [1.165, 1.54) is 0 Å². The van der Waals surface area contributed by atoms with Gasteiger partial charge in [0.2, 0.25) is 5.91 Å². The van der Waals surface area contributed by atoms with Gasteiger partial charge in [0.15, 0.2) is 0 Å². The van der Waals surface area contributed by atoms with Gasteiger partial charge in [-0.3, -0.25) is 4.79 Å². The fourth-order valence-electron chi connectivity index (χ4n) is 2.84. The molecule has 2 rings (SSSR count). The van der Waals surface area contributed by atoms with Crippen molar-refractivity contribution in [1.29, 1.82) is 0 Å². The van der Waals surface area contributed by atoms with Crippen molar-refractivity contribution in [2.75, 3.05) is 13.1 Å². The van der Waals surface area contributed by atoms with E-state index in [9.17, 15) is 4.79 Å². The van der Waals surface area contributed by atoms with Crippen LogP contribution in [0.5, 0.6) is 0 Å². The summed E-state index contributed by atoms with van der Waals surface area (Å²) in [5.74, 6) is 0.121. The third-order valence-electron chi connectivity index (χ3n) is 4.42. The smallest absolute Gasteiger partial charge is 0.227 e. The summed E-state index contributed by atoms with van der Waals surface area (Å²) in [5, 5.41) is 7.50. The summed E-state index contributed by atoms with van der Waals surface area (Å²) in [7, 11) is 0. The van der Waals surface area contributed by atoms with Gasteiger partial charge in [0.05, 0.1) is 21.5 Å². The van der Waals surface area contributed by atoms with Gasteiger partial charge >= 0.3 is 0 Å². The standard InChI is InChI=1S/C16H22Cl2N2O/c1-3-16(7-4-8-19-10-16)15(21)20-11(2)12-5-6-13(17)14(18)9-12/h5-6,9,11,19H,3-4,7-8,10H2,1-2H3,(H,20,21). The Morgan fingerprint density at radius 3 is 2.76 bits per heavy atom. The van der Waals surface area contributed by atoms with Gasteiger partial charge in [-0.05, 0) is 50.4 Å². The monoisotopic (exact) mass is 328 g/mol. The maximum absolute atomic E-state index is 12.7. The minimum Gasteiger partial charge on any atom is -0.349 e. The molecule has 116 valence electrons. The van der Waals surface area contributed by atoms with Gasteiger partial charge in [-0.1, -0.05) is 36.2 Å². The van der Waals surface area contributed by atoms with E-state index >= 15 is 0 Å². The Labute approximate surface area is 136 Å². The third kappa shape index (κ3) is 3.71. The molecule has 0 bridgehead atoms. The van der Waals surface area contributed by atoms with Crippen LogP contribution in [0, 0.1) is 5.41 Å². The Kier molecular flexibility index (Phi) is 5.53. The highest BCUT2D eigenvalue weighted by Gasteiger charge is 2.38. The fraction of sp³-hybridized carbons (Fsp3) is 0.562. The highest BCUT2D eigenvalue weighted by atomic mass is 35.5. The molecule has 2 unspecified atom stereocenters. The van der Waals surface area contributed by atoms with Crippen LogP contribution >= 0.6 is 23.2 Å². The van der Waals surface area contributed by atoms with Crippen LogP contribution in [0.15, 0.2) is 18.2 Å². The van der Waals surface area contributed by atoms with Crippen LogP contribution in [0.1, 0.15) is 44.7 Å². The first-order chi connectivity index (χ1) is 9.98. The number of carbonyl (C=O) groups excluding carboxylic acids is 1. The summed E-state index contributed by atoms with van der Waals surface area (Å²) < 4.78 is 0. The molecule has 0 saturated carbocycles. The molecule has 1 heterocycles. The maximum Gasteiger partial charge on any atom is 0.227 e. The lowest BCUT2D eigenvalue weighted by Gasteiger charge is -2.36.